The Kier molecular flexibility index (Phi) is 3.97. The number of rotatable bonds is 2. The van der Waals surface area contributed by atoms with Gasteiger partial charge in [-0.15, -0.1) is 0 Å². The van der Waals surface area contributed by atoms with Crippen molar-refractivity contribution >= 4 is 66.8 Å². The Morgan fingerprint density at radius 3 is 2.56 bits per heavy atom. The topological polar surface area (TPSA) is 9.23 Å². The number of ether oxygens (including phenoxy) is 1. The van der Waals surface area contributed by atoms with Gasteiger partial charge in [0.15, 0.2) is 0 Å². The molecule has 2 aromatic heterocycles. The molecule has 0 saturated carbocycles. The second kappa shape index (κ2) is 5.36. The van der Waals surface area contributed by atoms with Gasteiger partial charge in [-0.05, 0) is 0 Å². The maximum atomic E-state index is 6.32. The van der Waals surface area contributed by atoms with E-state index in [0.29, 0.717) is 29.0 Å². The molecule has 1 unspecified atom stereocenters. The van der Waals surface area contributed by atoms with E-state index in [-0.39, 0.29) is 4.50 Å². The van der Waals surface area contributed by atoms with Crippen molar-refractivity contribution in [2.24, 2.45) is 0 Å². The summed E-state index contributed by atoms with van der Waals surface area (Å²) in [6.07, 6.45) is 4.32. The van der Waals surface area contributed by atoms with E-state index < -0.39 is 0 Å². The minimum atomic E-state index is -0.325. The molecule has 0 fully saturated rings. The summed E-state index contributed by atoms with van der Waals surface area (Å²) < 4.78 is 9.85. The van der Waals surface area contributed by atoms with Gasteiger partial charge in [0, 0.05) is 0 Å². The molecule has 92 valence electrons. The third-order valence-electron chi connectivity index (χ3n) is 2.58. The third-order valence-corrected chi connectivity index (χ3v) is 8.96. The van der Waals surface area contributed by atoms with Gasteiger partial charge in [0.2, 0.25) is 0 Å². The van der Waals surface area contributed by atoms with E-state index in [9.17, 15) is 0 Å². The van der Waals surface area contributed by atoms with Crippen molar-refractivity contribution in [1.29, 1.82) is 0 Å². The Morgan fingerprint density at radius 2 is 1.89 bits per heavy atom. The van der Waals surface area contributed by atoms with Crippen LogP contribution in [0.3, 0.4) is 0 Å². The van der Waals surface area contributed by atoms with Crippen molar-refractivity contribution in [2.45, 2.75) is 4.50 Å². The van der Waals surface area contributed by atoms with Crippen LogP contribution in [0.15, 0.2) is 50.8 Å². The van der Waals surface area contributed by atoms with Crippen LogP contribution < -0.4 is 0 Å². The van der Waals surface area contributed by atoms with E-state index in [2.05, 4.69) is 78.3 Å². The Bertz CT molecular complexity index is 595. The first kappa shape index (κ1) is 13.3. The first-order valence-electron chi connectivity index (χ1n) is 5.31. The average Bonchev–Trinajstić information content (AvgIpc) is 3.04. The van der Waals surface area contributed by atoms with Crippen LogP contribution >= 0.6 is 0 Å². The zero-order chi connectivity index (χ0) is 12.6. The predicted octanol–water partition coefficient (Wildman–Crippen LogP) is 0.710. The van der Waals surface area contributed by atoms with Gasteiger partial charge in [-0.2, -0.15) is 0 Å². The van der Waals surface area contributed by atoms with Crippen molar-refractivity contribution in [2.75, 3.05) is 0 Å². The Morgan fingerprint density at radius 1 is 1.11 bits per heavy atom. The molecule has 0 bridgehead atoms. The normalized spacial score (nSPS) is 23.2. The van der Waals surface area contributed by atoms with Crippen LogP contribution in [0.5, 0.6) is 0 Å². The number of hydrogen-bond acceptors (Lipinski definition) is 1. The molecule has 0 N–H and O–H groups in total. The Hall–Kier alpha value is 0.318. The number of hydrogen-bond donors (Lipinski definition) is 0. The van der Waals surface area contributed by atoms with Gasteiger partial charge in [0.05, 0.1) is 0 Å². The zero-order valence-corrected chi connectivity index (χ0v) is 16.4. The van der Waals surface area contributed by atoms with Crippen LogP contribution in [-0.2, 0) is 9.24 Å². The molecule has 3 heterocycles. The van der Waals surface area contributed by atoms with E-state index in [4.69, 9.17) is 4.74 Å². The van der Waals surface area contributed by atoms with E-state index in [1.165, 1.54) is 13.3 Å². The molecule has 0 aliphatic carbocycles. The van der Waals surface area contributed by atoms with Gasteiger partial charge in [-0.3, -0.25) is 0 Å². The van der Waals surface area contributed by atoms with E-state index in [0.717, 1.165) is 5.76 Å². The quantitative estimate of drug-likeness (QED) is 0.555. The van der Waals surface area contributed by atoms with Crippen molar-refractivity contribution in [1.82, 2.24) is 0 Å². The third kappa shape index (κ3) is 2.48. The summed E-state index contributed by atoms with van der Waals surface area (Å²) in [6, 6.07) is 8.60. The van der Waals surface area contributed by atoms with Gasteiger partial charge < -0.3 is 0 Å². The SMILES string of the molecule is [SeH]C1=C(c2ccc[se]2)OC([SeH])(c2ccc[se]2)C=C1. The monoisotopic (exact) mass is 502 g/mol. The molecule has 18 heavy (non-hydrogen) atoms. The Balaban J connectivity index is 2.00. The molecule has 1 aliphatic heterocycles. The van der Waals surface area contributed by atoms with E-state index in [1.807, 2.05) is 0 Å². The van der Waals surface area contributed by atoms with Crippen LogP contribution in [0.25, 0.3) is 5.76 Å². The van der Waals surface area contributed by atoms with Gasteiger partial charge >= 0.3 is 136 Å². The molecule has 0 spiro atoms. The van der Waals surface area contributed by atoms with Gasteiger partial charge in [0.1, 0.15) is 0 Å². The molecule has 1 aliphatic rings. The summed E-state index contributed by atoms with van der Waals surface area (Å²) in [5, 5.41) is 0. The fourth-order valence-electron chi connectivity index (χ4n) is 1.71. The first-order chi connectivity index (χ1) is 8.69. The summed E-state index contributed by atoms with van der Waals surface area (Å²) >= 11 is 6.13. The van der Waals surface area contributed by atoms with Crippen LogP contribution in [0.2, 0.25) is 0 Å². The van der Waals surface area contributed by atoms with Gasteiger partial charge in [0.25, 0.3) is 0 Å². The van der Waals surface area contributed by atoms with Crippen molar-refractivity contribution in [3.8, 4) is 0 Å². The van der Waals surface area contributed by atoms with E-state index >= 15 is 0 Å². The van der Waals surface area contributed by atoms with Crippen LogP contribution in [0, 0.1) is 0 Å². The Labute approximate surface area is 134 Å². The van der Waals surface area contributed by atoms with Crippen LogP contribution in [-0.4, -0.2) is 61.0 Å². The molecule has 3 rings (SSSR count). The molecule has 0 aromatic carbocycles. The standard InChI is InChI=1S/C13H10OSe4/c15-9-5-6-13(16,11-4-2-8-18-11)14-12(9)10-3-1-7-17-10/h1-8,15-16H. The summed E-state index contributed by atoms with van der Waals surface area (Å²) in [5.41, 5.74) is 0. The molecular weight excluding hydrogens is 488 g/mol. The zero-order valence-electron chi connectivity index (χ0n) is 9.24. The molecule has 5 heteroatoms. The summed E-state index contributed by atoms with van der Waals surface area (Å²) in [6.45, 7) is 0. The summed E-state index contributed by atoms with van der Waals surface area (Å²) in [5.74, 6) is 1.05. The van der Waals surface area contributed by atoms with E-state index in [1.54, 1.807) is 0 Å². The van der Waals surface area contributed by atoms with Crippen molar-refractivity contribution in [3.05, 3.63) is 59.6 Å². The summed E-state index contributed by atoms with van der Waals surface area (Å²) in [4.78, 5) is 4.46. The van der Waals surface area contributed by atoms with Crippen molar-refractivity contribution in [3.63, 3.8) is 0 Å². The average molecular weight is 498 g/mol. The molecule has 1 atom stereocenters. The molecule has 1 nitrogen and oxygen atoms in total. The summed E-state index contributed by atoms with van der Waals surface area (Å²) in [7, 11) is 0. The predicted molar refractivity (Wildman–Crippen MR) is 79.9 cm³/mol. The molecule has 2 aromatic rings. The second-order valence-electron chi connectivity index (χ2n) is 3.80. The van der Waals surface area contributed by atoms with Crippen molar-refractivity contribution < 1.29 is 4.74 Å². The minimum absolute atomic E-state index is 0.325. The van der Waals surface area contributed by atoms with Crippen LogP contribution in [0.1, 0.15) is 8.87 Å². The molecule has 0 radical (unpaired) electrons. The van der Waals surface area contributed by atoms with Gasteiger partial charge in [-0.25, -0.2) is 0 Å². The molecule has 0 amide bonds. The fraction of sp³-hybridized carbons (Fsp3) is 0.0769. The fourth-order valence-corrected chi connectivity index (χ4v) is 6.72. The number of allylic oxidation sites excluding steroid dienone is 2. The first-order valence-corrected chi connectivity index (χ1v) is 10.9. The maximum absolute atomic E-state index is 6.32. The van der Waals surface area contributed by atoms with Crippen LogP contribution in [0.4, 0.5) is 0 Å². The molecular formula is C13H10OSe4. The van der Waals surface area contributed by atoms with Gasteiger partial charge in [-0.1, -0.05) is 0 Å². The second-order valence-corrected chi connectivity index (χ2v) is 10.2. The molecule has 0 saturated heterocycles.